The summed E-state index contributed by atoms with van der Waals surface area (Å²) >= 11 is 0. The van der Waals surface area contributed by atoms with E-state index in [1.807, 2.05) is 12.1 Å². The van der Waals surface area contributed by atoms with Crippen molar-refractivity contribution in [3.8, 4) is 5.75 Å². The lowest BCUT2D eigenvalue weighted by Crippen LogP contribution is -2.01. The highest BCUT2D eigenvalue weighted by Gasteiger charge is 1.95. The highest BCUT2D eigenvalue weighted by molar-refractivity contribution is 6.32. The minimum absolute atomic E-state index is 0.630. The van der Waals surface area contributed by atoms with Crippen LogP contribution >= 0.6 is 0 Å². The molecule has 80 valence electrons. The van der Waals surface area contributed by atoms with Crippen LogP contribution in [0.2, 0.25) is 0 Å². The van der Waals surface area contributed by atoms with E-state index >= 15 is 0 Å². The van der Waals surface area contributed by atoms with Crippen LogP contribution in [0.3, 0.4) is 0 Å². The third kappa shape index (κ3) is 2.90. The van der Waals surface area contributed by atoms with Crippen molar-refractivity contribution >= 4 is 13.3 Å². The van der Waals surface area contributed by atoms with Crippen LogP contribution in [0.4, 0.5) is 0 Å². The second-order valence-corrected chi connectivity index (χ2v) is 4.09. The Morgan fingerprint density at radius 1 is 1.06 bits per heavy atom. The van der Waals surface area contributed by atoms with Gasteiger partial charge in [0.1, 0.15) is 20.2 Å². The Balaban J connectivity index is 1.99. The predicted octanol–water partition coefficient (Wildman–Crippen LogP) is 1.83. The van der Waals surface area contributed by atoms with Crippen LogP contribution in [0.5, 0.6) is 5.75 Å². The standard InChI is InChI=1S/C14H15BO/c1-11-3-2-4-12(9-11)10-16-14-7-5-13(15)6-8-14/h2-9H,10,15H2,1H3. The molecule has 2 aromatic rings. The zero-order valence-corrected chi connectivity index (χ0v) is 9.73. The van der Waals surface area contributed by atoms with Crippen molar-refractivity contribution in [1.82, 2.24) is 0 Å². The van der Waals surface area contributed by atoms with Crippen molar-refractivity contribution in [1.29, 1.82) is 0 Å². The first-order valence-electron chi connectivity index (χ1n) is 5.49. The number of aryl methyl sites for hydroxylation is 1. The molecule has 0 fully saturated rings. The predicted molar refractivity (Wildman–Crippen MR) is 70.1 cm³/mol. The van der Waals surface area contributed by atoms with E-state index < -0.39 is 0 Å². The first-order valence-corrected chi connectivity index (χ1v) is 5.49. The van der Waals surface area contributed by atoms with E-state index in [0.717, 1.165) is 5.75 Å². The van der Waals surface area contributed by atoms with Gasteiger partial charge in [-0.3, -0.25) is 0 Å². The molecule has 0 unspecified atom stereocenters. The Kier molecular flexibility index (Phi) is 3.30. The molecule has 0 aliphatic rings. The minimum atomic E-state index is 0.630. The largest absolute Gasteiger partial charge is 0.489 e. The number of benzene rings is 2. The SMILES string of the molecule is Bc1ccc(OCc2cccc(C)c2)cc1. The van der Waals surface area contributed by atoms with Gasteiger partial charge in [-0.2, -0.15) is 0 Å². The lowest BCUT2D eigenvalue weighted by atomic mass is 9.97. The minimum Gasteiger partial charge on any atom is -0.489 e. The van der Waals surface area contributed by atoms with Crippen LogP contribution in [0.15, 0.2) is 48.5 Å². The third-order valence-corrected chi connectivity index (χ3v) is 2.51. The summed E-state index contributed by atoms with van der Waals surface area (Å²) in [6, 6.07) is 16.5. The highest BCUT2D eigenvalue weighted by Crippen LogP contribution is 2.11. The van der Waals surface area contributed by atoms with Gasteiger partial charge in [-0.1, -0.05) is 47.4 Å². The average Bonchev–Trinajstić information content (AvgIpc) is 2.28. The quantitative estimate of drug-likeness (QED) is 0.702. The number of rotatable bonds is 3. The van der Waals surface area contributed by atoms with Crippen LogP contribution < -0.4 is 10.2 Å². The molecule has 0 spiro atoms. The second-order valence-electron chi connectivity index (χ2n) is 4.09. The third-order valence-electron chi connectivity index (χ3n) is 2.51. The summed E-state index contributed by atoms with van der Waals surface area (Å²) in [5.74, 6) is 0.923. The van der Waals surface area contributed by atoms with Gasteiger partial charge >= 0.3 is 0 Å². The Morgan fingerprint density at radius 2 is 1.81 bits per heavy atom. The van der Waals surface area contributed by atoms with E-state index in [-0.39, 0.29) is 0 Å². The monoisotopic (exact) mass is 210 g/mol. The molecule has 0 aromatic heterocycles. The molecule has 2 aromatic carbocycles. The Morgan fingerprint density at radius 3 is 2.50 bits per heavy atom. The molecule has 0 radical (unpaired) electrons. The molecule has 0 atom stereocenters. The normalized spacial score (nSPS) is 10.1. The van der Waals surface area contributed by atoms with Gasteiger partial charge in [-0.05, 0) is 24.6 Å². The molecule has 2 heteroatoms. The van der Waals surface area contributed by atoms with Gasteiger partial charge in [-0.25, -0.2) is 0 Å². The zero-order chi connectivity index (χ0) is 11.4. The average molecular weight is 210 g/mol. The number of hydrogen-bond donors (Lipinski definition) is 0. The molecule has 0 amide bonds. The van der Waals surface area contributed by atoms with E-state index in [1.54, 1.807) is 0 Å². The molecule has 0 aliphatic heterocycles. The summed E-state index contributed by atoms with van der Waals surface area (Å²) < 4.78 is 5.70. The molecule has 0 heterocycles. The van der Waals surface area contributed by atoms with E-state index in [0.29, 0.717) is 6.61 Å². The van der Waals surface area contributed by atoms with Crippen molar-refractivity contribution in [3.05, 3.63) is 59.7 Å². The Labute approximate surface area is 97.5 Å². The van der Waals surface area contributed by atoms with Gasteiger partial charge in [0.15, 0.2) is 0 Å². The summed E-state index contributed by atoms with van der Waals surface area (Å²) in [7, 11) is 2.07. The first-order chi connectivity index (χ1) is 7.74. The zero-order valence-electron chi connectivity index (χ0n) is 9.73. The molecule has 0 N–H and O–H groups in total. The molecular formula is C14H15BO. The summed E-state index contributed by atoms with van der Waals surface area (Å²) in [5, 5.41) is 0. The van der Waals surface area contributed by atoms with Crippen LogP contribution in [0.25, 0.3) is 0 Å². The maximum absolute atomic E-state index is 5.70. The van der Waals surface area contributed by atoms with Crippen molar-refractivity contribution < 1.29 is 4.74 Å². The smallest absolute Gasteiger partial charge is 0.139 e. The molecule has 1 nitrogen and oxygen atoms in total. The van der Waals surface area contributed by atoms with Gasteiger partial charge in [0.05, 0.1) is 0 Å². The van der Waals surface area contributed by atoms with E-state index in [2.05, 4.69) is 51.2 Å². The maximum atomic E-state index is 5.70. The van der Waals surface area contributed by atoms with E-state index in [1.165, 1.54) is 16.6 Å². The Bertz CT molecular complexity index is 462. The lowest BCUT2D eigenvalue weighted by molar-refractivity contribution is 0.306. The summed E-state index contributed by atoms with van der Waals surface area (Å²) in [5.41, 5.74) is 3.73. The highest BCUT2D eigenvalue weighted by atomic mass is 16.5. The fourth-order valence-electron chi connectivity index (χ4n) is 1.60. The summed E-state index contributed by atoms with van der Waals surface area (Å²) in [4.78, 5) is 0. The molecular weight excluding hydrogens is 195 g/mol. The fourth-order valence-corrected chi connectivity index (χ4v) is 1.60. The number of ether oxygens (including phenoxy) is 1. The van der Waals surface area contributed by atoms with Gasteiger partial charge < -0.3 is 4.74 Å². The van der Waals surface area contributed by atoms with Crippen LogP contribution in [-0.4, -0.2) is 7.85 Å². The lowest BCUT2D eigenvalue weighted by Gasteiger charge is -2.07. The fraction of sp³-hybridized carbons (Fsp3) is 0.143. The first kappa shape index (κ1) is 10.8. The van der Waals surface area contributed by atoms with Gasteiger partial charge in [-0.15, -0.1) is 0 Å². The number of hydrogen-bond acceptors (Lipinski definition) is 1. The van der Waals surface area contributed by atoms with Crippen molar-refractivity contribution in [3.63, 3.8) is 0 Å². The molecule has 16 heavy (non-hydrogen) atoms. The van der Waals surface area contributed by atoms with Gasteiger partial charge in [0.2, 0.25) is 0 Å². The van der Waals surface area contributed by atoms with Crippen LogP contribution in [-0.2, 0) is 6.61 Å². The summed E-state index contributed by atoms with van der Waals surface area (Å²) in [6.07, 6.45) is 0. The maximum Gasteiger partial charge on any atom is 0.139 e. The molecule has 0 saturated heterocycles. The van der Waals surface area contributed by atoms with Crippen molar-refractivity contribution in [2.75, 3.05) is 0 Å². The van der Waals surface area contributed by atoms with Crippen LogP contribution in [0, 0.1) is 6.92 Å². The summed E-state index contributed by atoms with van der Waals surface area (Å²) in [6.45, 7) is 2.72. The molecule has 0 saturated carbocycles. The van der Waals surface area contributed by atoms with Gasteiger partial charge in [0.25, 0.3) is 0 Å². The van der Waals surface area contributed by atoms with Crippen molar-refractivity contribution in [2.24, 2.45) is 0 Å². The van der Waals surface area contributed by atoms with E-state index in [4.69, 9.17) is 4.74 Å². The Hall–Kier alpha value is -1.70. The second kappa shape index (κ2) is 4.89. The van der Waals surface area contributed by atoms with Gasteiger partial charge in [0, 0.05) is 0 Å². The molecule has 0 aliphatic carbocycles. The van der Waals surface area contributed by atoms with Crippen LogP contribution in [0.1, 0.15) is 11.1 Å². The van der Waals surface area contributed by atoms with E-state index in [9.17, 15) is 0 Å². The molecule has 0 bridgehead atoms. The molecule has 2 rings (SSSR count). The van der Waals surface area contributed by atoms with Crippen molar-refractivity contribution in [2.45, 2.75) is 13.5 Å². The topological polar surface area (TPSA) is 9.23 Å².